The largest absolute Gasteiger partial charge is 0.462 e. The highest BCUT2D eigenvalue weighted by atomic mass is 16.6. The predicted molar refractivity (Wildman–Crippen MR) is 129 cm³/mol. The van der Waals surface area contributed by atoms with Crippen molar-refractivity contribution >= 4 is 29.3 Å². The van der Waals surface area contributed by atoms with Gasteiger partial charge in [-0.3, -0.25) is 14.9 Å². The summed E-state index contributed by atoms with van der Waals surface area (Å²) in [7, 11) is 0. The lowest BCUT2D eigenvalue weighted by molar-refractivity contribution is -0.384. The summed E-state index contributed by atoms with van der Waals surface area (Å²) in [6, 6.07) is 19.8. The van der Waals surface area contributed by atoms with Crippen LogP contribution in [0.5, 0.6) is 11.5 Å². The highest BCUT2D eigenvalue weighted by Gasteiger charge is 2.13. The van der Waals surface area contributed by atoms with Crippen molar-refractivity contribution < 1.29 is 24.0 Å². The number of benzene rings is 3. The van der Waals surface area contributed by atoms with Gasteiger partial charge in [-0.05, 0) is 61.0 Å². The normalized spacial score (nSPS) is 10.5. The SMILES string of the molecule is CCOC(=O)c1ccc(NC(=O)/C(C#N)=C/c2ccc(Oc3ccc([N+](=O)[O-])cc3C#N)cc2)cc1. The van der Waals surface area contributed by atoms with E-state index in [1.807, 2.05) is 12.1 Å². The number of rotatable bonds is 8. The van der Waals surface area contributed by atoms with Crippen molar-refractivity contribution in [3.8, 4) is 23.6 Å². The molecule has 0 atom stereocenters. The molecular weight excluding hydrogens is 464 g/mol. The summed E-state index contributed by atoms with van der Waals surface area (Å²) in [5.41, 5.74) is 0.901. The molecule has 0 aromatic heterocycles. The second kappa shape index (κ2) is 11.6. The molecule has 0 saturated carbocycles. The van der Waals surface area contributed by atoms with E-state index < -0.39 is 16.8 Å². The molecule has 1 amide bonds. The van der Waals surface area contributed by atoms with Crippen molar-refractivity contribution in [1.82, 2.24) is 0 Å². The number of esters is 1. The number of nitriles is 2. The lowest BCUT2D eigenvalue weighted by atomic mass is 10.1. The lowest BCUT2D eigenvalue weighted by Gasteiger charge is -2.08. The van der Waals surface area contributed by atoms with E-state index in [1.54, 1.807) is 31.2 Å². The van der Waals surface area contributed by atoms with Gasteiger partial charge >= 0.3 is 5.97 Å². The van der Waals surface area contributed by atoms with Gasteiger partial charge in [0.25, 0.3) is 11.6 Å². The quantitative estimate of drug-likeness (QED) is 0.155. The minimum absolute atomic E-state index is 0.00639. The summed E-state index contributed by atoms with van der Waals surface area (Å²) in [5.74, 6) is -0.608. The van der Waals surface area contributed by atoms with Crippen LogP contribution in [0.4, 0.5) is 11.4 Å². The standard InChI is InChI=1S/C26H18N4O6/c1-2-35-26(32)18-5-7-21(8-6-18)29-25(31)20(16-28)13-17-3-10-23(11-4-17)36-24-12-9-22(30(33)34)14-19(24)15-27/h3-14H,2H2,1H3,(H,29,31)/b20-13+. The van der Waals surface area contributed by atoms with Crippen LogP contribution in [0.2, 0.25) is 0 Å². The number of hydrogen-bond donors (Lipinski definition) is 1. The monoisotopic (exact) mass is 482 g/mol. The van der Waals surface area contributed by atoms with Crippen LogP contribution in [-0.4, -0.2) is 23.4 Å². The maximum Gasteiger partial charge on any atom is 0.338 e. The van der Waals surface area contributed by atoms with Crippen LogP contribution in [0, 0.1) is 32.8 Å². The van der Waals surface area contributed by atoms with Gasteiger partial charge in [0.1, 0.15) is 34.8 Å². The molecule has 10 nitrogen and oxygen atoms in total. The van der Waals surface area contributed by atoms with Crippen molar-refractivity contribution in [2.24, 2.45) is 0 Å². The maximum atomic E-state index is 12.5. The number of amides is 1. The molecule has 0 saturated heterocycles. The molecule has 1 N–H and O–H groups in total. The van der Waals surface area contributed by atoms with E-state index in [-0.39, 0.29) is 29.2 Å². The first-order chi connectivity index (χ1) is 17.3. The van der Waals surface area contributed by atoms with Crippen LogP contribution >= 0.6 is 0 Å². The molecule has 178 valence electrons. The zero-order valence-electron chi connectivity index (χ0n) is 18.9. The van der Waals surface area contributed by atoms with Gasteiger partial charge in [-0.2, -0.15) is 10.5 Å². The molecule has 0 spiro atoms. The van der Waals surface area contributed by atoms with Crippen LogP contribution in [0.3, 0.4) is 0 Å². The smallest absolute Gasteiger partial charge is 0.338 e. The summed E-state index contributed by atoms with van der Waals surface area (Å²) >= 11 is 0. The fraction of sp³-hybridized carbons (Fsp3) is 0.0769. The average molecular weight is 482 g/mol. The number of nitro benzene ring substituents is 1. The second-order valence-electron chi connectivity index (χ2n) is 7.14. The van der Waals surface area contributed by atoms with Crippen LogP contribution < -0.4 is 10.1 Å². The van der Waals surface area contributed by atoms with Crippen molar-refractivity contribution in [2.75, 3.05) is 11.9 Å². The Labute approximate surface area is 205 Å². The van der Waals surface area contributed by atoms with Crippen molar-refractivity contribution in [2.45, 2.75) is 6.92 Å². The summed E-state index contributed by atoms with van der Waals surface area (Å²) in [5, 5.41) is 32.2. The van der Waals surface area contributed by atoms with E-state index in [0.717, 1.165) is 6.07 Å². The number of carbonyl (C=O) groups excluding carboxylic acids is 2. The third-order valence-corrected chi connectivity index (χ3v) is 4.73. The number of non-ortho nitro benzene ring substituents is 1. The van der Waals surface area contributed by atoms with Crippen LogP contribution in [0.25, 0.3) is 6.08 Å². The maximum absolute atomic E-state index is 12.5. The fourth-order valence-electron chi connectivity index (χ4n) is 2.98. The topological polar surface area (TPSA) is 155 Å². The number of anilines is 1. The van der Waals surface area contributed by atoms with Gasteiger partial charge in [0.2, 0.25) is 0 Å². The van der Waals surface area contributed by atoms with Crippen LogP contribution in [0.15, 0.2) is 72.3 Å². The summed E-state index contributed by atoms with van der Waals surface area (Å²) in [6.45, 7) is 1.95. The Hall–Kier alpha value is -5.48. The molecule has 0 aliphatic rings. The Balaban J connectivity index is 1.70. The number of carbonyl (C=O) groups is 2. The molecule has 0 aliphatic heterocycles. The number of nitro groups is 1. The van der Waals surface area contributed by atoms with E-state index in [2.05, 4.69) is 5.32 Å². The summed E-state index contributed by atoms with van der Waals surface area (Å²) in [6.07, 6.45) is 1.39. The Morgan fingerprint density at radius 1 is 1.06 bits per heavy atom. The van der Waals surface area contributed by atoms with E-state index in [1.165, 1.54) is 42.5 Å². The molecule has 36 heavy (non-hydrogen) atoms. The van der Waals surface area contributed by atoms with Crippen molar-refractivity contribution in [1.29, 1.82) is 10.5 Å². The minimum atomic E-state index is -0.633. The third-order valence-electron chi connectivity index (χ3n) is 4.73. The van der Waals surface area contributed by atoms with Gasteiger partial charge in [-0.1, -0.05) is 12.1 Å². The number of nitrogens with zero attached hydrogens (tertiary/aromatic N) is 3. The molecule has 3 aromatic carbocycles. The Bertz CT molecular complexity index is 1410. The molecule has 0 radical (unpaired) electrons. The number of nitrogens with one attached hydrogen (secondary N) is 1. The molecule has 3 aromatic rings. The minimum Gasteiger partial charge on any atom is -0.462 e. The van der Waals surface area contributed by atoms with E-state index in [4.69, 9.17) is 9.47 Å². The first kappa shape index (κ1) is 25.1. The van der Waals surface area contributed by atoms with Crippen molar-refractivity contribution in [3.05, 3.63) is 99.1 Å². The highest BCUT2D eigenvalue weighted by Crippen LogP contribution is 2.28. The zero-order chi connectivity index (χ0) is 26.1. The molecule has 0 unspecified atom stereocenters. The molecule has 0 aliphatic carbocycles. The zero-order valence-corrected chi connectivity index (χ0v) is 18.9. The molecule has 3 rings (SSSR count). The second-order valence-corrected chi connectivity index (χ2v) is 7.14. The lowest BCUT2D eigenvalue weighted by Crippen LogP contribution is -2.13. The van der Waals surface area contributed by atoms with Crippen LogP contribution in [-0.2, 0) is 9.53 Å². The number of ether oxygens (including phenoxy) is 2. The molecule has 0 bridgehead atoms. The molecule has 0 fully saturated rings. The highest BCUT2D eigenvalue weighted by molar-refractivity contribution is 6.09. The molecule has 0 heterocycles. The Morgan fingerprint density at radius 2 is 1.75 bits per heavy atom. The summed E-state index contributed by atoms with van der Waals surface area (Å²) < 4.78 is 10.6. The Morgan fingerprint density at radius 3 is 2.33 bits per heavy atom. The predicted octanol–water partition coefficient (Wildman–Crippen LogP) is 4.98. The van der Waals surface area contributed by atoms with Gasteiger partial charge in [0, 0.05) is 17.8 Å². The van der Waals surface area contributed by atoms with Gasteiger partial charge < -0.3 is 14.8 Å². The first-order valence-corrected chi connectivity index (χ1v) is 10.5. The van der Waals surface area contributed by atoms with Gasteiger partial charge in [0.05, 0.1) is 17.1 Å². The Kier molecular flexibility index (Phi) is 8.10. The van der Waals surface area contributed by atoms with E-state index in [0.29, 0.717) is 22.6 Å². The summed E-state index contributed by atoms with van der Waals surface area (Å²) in [4.78, 5) is 34.5. The first-order valence-electron chi connectivity index (χ1n) is 10.5. The van der Waals surface area contributed by atoms with Gasteiger partial charge in [-0.25, -0.2) is 4.79 Å². The van der Waals surface area contributed by atoms with Crippen LogP contribution in [0.1, 0.15) is 28.4 Å². The van der Waals surface area contributed by atoms with E-state index >= 15 is 0 Å². The van der Waals surface area contributed by atoms with Gasteiger partial charge in [0.15, 0.2) is 0 Å². The fourth-order valence-corrected chi connectivity index (χ4v) is 2.98. The molecular formula is C26H18N4O6. The van der Waals surface area contributed by atoms with E-state index in [9.17, 15) is 30.2 Å². The number of hydrogen-bond acceptors (Lipinski definition) is 8. The average Bonchev–Trinajstić information content (AvgIpc) is 2.88. The molecule has 10 heteroatoms. The van der Waals surface area contributed by atoms with Crippen molar-refractivity contribution in [3.63, 3.8) is 0 Å². The third kappa shape index (κ3) is 6.31. The van der Waals surface area contributed by atoms with Gasteiger partial charge in [-0.15, -0.1) is 0 Å².